The average molecular weight is 353 g/mol. The number of hydrogen-bond donors (Lipinski definition) is 0. The number of pyridine rings is 2. The van der Waals surface area contributed by atoms with E-state index in [1.807, 2.05) is 46.9 Å². The Balaban J connectivity index is 2.08. The van der Waals surface area contributed by atoms with Crippen molar-refractivity contribution in [2.45, 2.75) is 0 Å². The molecule has 0 atom stereocenters. The lowest BCUT2D eigenvalue weighted by Gasteiger charge is -2.16. The molecule has 5 rings (SSSR count). The molecule has 0 saturated heterocycles. The predicted molar refractivity (Wildman–Crippen MR) is 110 cm³/mol. The van der Waals surface area contributed by atoms with Crippen LogP contribution in [0.4, 0.5) is 0 Å². The second-order valence-electron chi connectivity index (χ2n) is 6.20. The van der Waals surface area contributed by atoms with Gasteiger partial charge in [-0.15, -0.1) is 11.3 Å². The number of hydrogen-bond acceptors (Lipinski definition) is 2. The van der Waals surface area contributed by atoms with E-state index in [1.54, 1.807) is 17.4 Å². The third-order valence-electron chi connectivity index (χ3n) is 4.70. The van der Waals surface area contributed by atoms with E-state index in [1.165, 1.54) is 5.56 Å². The largest absolute Gasteiger partial charge is 0.275 e. The first-order valence-electron chi connectivity index (χ1n) is 8.50. The number of rotatable bonds is 2. The van der Waals surface area contributed by atoms with Crippen molar-refractivity contribution in [2.75, 3.05) is 0 Å². The van der Waals surface area contributed by atoms with E-state index < -0.39 is 0 Å². The molecule has 3 heteroatoms. The number of benzene rings is 2. The standard InChI is InChI=1S/C23H15NOS/c25-20-13-7-12-18-21(16-8-3-1-4-9-16)22(17-10-5-2-6-11-17)23-19(24(18)20)14-15-26-23/h1-15H. The summed E-state index contributed by atoms with van der Waals surface area (Å²) in [5.74, 6) is 0. The molecule has 0 fully saturated rings. The van der Waals surface area contributed by atoms with E-state index in [0.29, 0.717) is 0 Å². The molecule has 2 nitrogen and oxygen atoms in total. The summed E-state index contributed by atoms with van der Waals surface area (Å²) in [5, 5.41) is 2.06. The molecule has 124 valence electrons. The van der Waals surface area contributed by atoms with Crippen molar-refractivity contribution in [3.63, 3.8) is 0 Å². The van der Waals surface area contributed by atoms with E-state index in [2.05, 4.69) is 41.8 Å². The van der Waals surface area contributed by atoms with Gasteiger partial charge in [-0.25, -0.2) is 0 Å². The maximum Gasteiger partial charge on any atom is 0.255 e. The van der Waals surface area contributed by atoms with Crippen molar-refractivity contribution in [2.24, 2.45) is 0 Å². The lowest BCUT2D eigenvalue weighted by Crippen LogP contribution is -2.13. The molecule has 2 aromatic carbocycles. The van der Waals surface area contributed by atoms with Gasteiger partial charge in [-0.1, -0.05) is 66.7 Å². The van der Waals surface area contributed by atoms with Crippen molar-refractivity contribution in [1.29, 1.82) is 0 Å². The van der Waals surface area contributed by atoms with E-state index in [-0.39, 0.29) is 5.56 Å². The van der Waals surface area contributed by atoms with Gasteiger partial charge < -0.3 is 0 Å². The Labute approximate surface area is 154 Å². The van der Waals surface area contributed by atoms with Crippen LogP contribution in [0.15, 0.2) is 95.1 Å². The fraction of sp³-hybridized carbons (Fsp3) is 0. The molecule has 0 aliphatic rings. The zero-order chi connectivity index (χ0) is 17.5. The van der Waals surface area contributed by atoms with Crippen LogP contribution >= 0.6 is 11.3 Å². The van der Waals surface area contributed by atoms with E-state index in [9.17, 15) is 4.79 Å². The monoisotopic (exact) mass is 353 g/mol. The first-order chi connectivity index (χ1) is 12.8. The van der Waals surface area contributed by atoms with Gasteiger partial charge in [0.15, 0.2) is 0 Å². The number of thiophene rings is 1. The summed E-state index contributed by atoms with van der Waals surface area (Å²) in [5.41, 5.74) is 6.48. The van der Waals surface area contributed by atoms with Gasteiger partial charge in [0, 0.05) is 17.2 Å². The minimum Gasteiger partial charge on any atom is -0.275 e. The van der Waals surface area contributed by atoms with Crippen molar-refractivity contribution >= 4 is 27.1 Å². The van der Waals surface area contributed by atoms with E-state index in [4.69, 9.17) is 0 Å². The fourth-order valence-electron chi connectivity index (χ4n) is 3.62. The predicted octanol–water partition coefficient (Wildman–Crippen LogP) is 5.85. The van der Waals surface area contributed by atoms with Crippen molar-refractivity contribution in [3.8, 4) is 22.3 Å². The number of fused-ring (bicyclic) bond motifs is 3. The minimum absolute atomic E-state index is 0.00249. The molecular weight excluding hydrogens is 338 g/mol. The van der Waals surface area contributed by atoms with Crippen molar-refractivity contribution in [3.05, 3.63) is 101 Å². The molecule has 0 aliphatic carbocycles. The van der Waals surface area contributed by atoms with Crippen LogP contribution in [0.25, 0.3) is 38.0 Å². The van der Waals surface area contributed by atoms with Crippen molar-refractivity contribution in [1.82, 2.24) is 4.40 Å². The quantitative estimate of drug-likeness (QED) is 0.390. The molecule has 0 saturated carbocycles. The van der Waals surface area contributed by atoms with Gasteiger partial charge >= 0.3 is 0 Å². The highest BCUT2D eigenvalue weighted by Gasteiger charge is 2.18. The minimum atomic E-state index is 0.00249. The van der Waals surface area contributed by atoms with Crippen LogP contribution in [0.5, 0.6) is 0 Å². The molecule has 0 spiro atoms. The molecule has 0 N–H and O–H groups in total. The molecule has 0 amide bonds. The SMILES string of the molecule is O=c1cccc2c(-c3ccccc3)c(-c3ccccc3)c3sccc3n12. The second kappa shape index (κ2) is 5.97. The van der Waals surface area contributed by atoms with Crippen LogP contribution in [-0.2, 0) is 0 Å². The van der Waals surface area contributed by atoms with Crippen molar-refractivity contribution < 1.29 is 0 Å². The summed E-state index contributed by atoms with van der Waals surface area (Å²) < 4.78 is 2.97. The van der Waals surface area contributed by atoms with Gasteiger partial charge in [0.05, 0.1) is 15.7 Å². The normalized spacial score (nSPS) is 11.2. The molecule has 0 unspecified atom stereocenters. The molecule has 3 aromatic heterocycles. The summed E-state index contributed by atoms with van der Waals surface area (Å²) in [7, 11) is 0. The first kappa shape index (κ1) is 15.1. The van der Waals surface area contributed by atoms with Crippen LogP contribution < -0.4 is 5.56 Å². The Morgan fingerprint density at radius 1 is 0.615 bits per heavy atom. The maximum atomic E-state index is 12.7. The third-order valence-corrected chi connectivity index (χ3v) is 5.62. The van der Waals surface area contributed by atoms with Crippen LogP contribution in [-0.4, -0.2) is 4.40 Å². The number of nitrogens with zero attached hydrogens (tertiary/aromatic N) is 1. The summed E-state index contributed by atoms with van der Waals surface area (Å²) in [4.78, 5) is 12.7. The zero-order valence-corrected chi connectivity index (χ0v) is 14.7. The Morgan fingerprint density at radius 3 is 1.96 bits per heavy atom. The highest BCUT2D eigenvalue weighted by molar-refractivity contribution is 7.17. The Hall–Kier alpha value is -3.17. The second-order valence-corrected chi connectivity index (χ2v) is 7.12. The summed E-state index contributed by atoms with van der Waals surface area (Å²) in [6, 6.07) is 28.3. The Morgan fingerprint density at radius 2 is 1.27 bits per heavy atom. The van der Waals surface area contributed by atoms with Crippen LogP contribution in [0, 0.1) is 0 Å². The smallest absolute Gasteiger partial charge is 0.255 e. The number of aromatic nitrogens is 1. The maximum absolute atomic E-state index is 12.7. The van der Waals surface area contributed by atoms with Gasteiger partial charge in [-0.05, 0) is 28.6 Å². The van der Waals surface area contributed by atoms with Gasteiger partial charge in [0.2, 0.25) is 0 Å². The molecule has 0 radical (unpaired) electrons. The van der Waals surface area contributed by atoms with E-state index >= 15 is 0 Å². The van der Waals surface area contributed by atoms with Crippen LogP contribution in [0.2, 0.25) is 0 Å². The van der Waals surface area contributed by atoms with Crippen LogP contribution in [0.1, 0.15) is 0 Å². The first-order valence-corrected chi connectivity index (χ1v) is 9.38. The molecule has 3 heterocycles. The topological polar surface area (TPSA) is 21.5 Å². The van der Waals surface area contributed by atoms with E-state index in [0.717, 1.165) is 32.4 Å². The molecule has 5 aromatic rings. The lowest BCUT2D eigenvalue weighted by atomic mass is 9.93. The Bertz CT molecular complexity index is 1280. The molecule has 0 bridgehead atoms. The molecular formula is C23H15NOS. The van der Waals surface area contributed by atoms with Gasteiger partial charge in [0.25, 0.3) is 5.56 Å². The van der Waals surface area contributed by atoms with Gasteiger partial charge in [-0.2, -0.15) is 0 Å². The molecule has 0 aliphatic heterocycles. The highest BCUT2D eigenvalue weighted by atomic mass is 32.1. The fourth-order valence-corrected chi connectivity index (χ4v) is 4.57. The summed E-state index contributed by atoms with van der Waals surface area (Å²) >= 11 is 1.68. The van der Waals surface area contributed by atoms with Crippen LogP contribution in [0.3, 0.4) is 0 Å². The van der Waals surface area contributed by atoms with Gasteiger partial charge in [0.1, 0.15) is 0 Å². The highest BCUT2D eigenvalue weighted by Crippen LogP contribution is 2.42. The third kappa shape index (κ3) is 2.21. The zero-order valence-electron chi connectivity index (χ0n) is 13.9. The van der Waals surface area contributed by atoms with Gasteiger partial charge in [-0.3, -0.25) is 9.20 Å². The lowest BCUT2D eigenvalue weighted by molar-refractivity contribution is 1.16. The Kier molecular flexibility index (Phi) is 3.47. The average Bonchev–Trinajstić information content (AvgIpc) is 3.17. The summed E-state index contributed by atoms with van der Waals surface area (Å²) in [6.45, 7) is 0. The molecule has 26 heavy (non-hydrogen) atoms. The summed E-state index contributed by atoms with van der Waals surface area (Å²) in [6.07, 6.45) is 0.